The maximum atomic E-state index is 5.08. The van der Waals surface area contributed by atoms with E-state index in [2.05, 4.69) is 11.9 Å². The number of hydrogen-bond acceptors (Lipinski definition) is 2. The second-order valence-electron chi connectivity index (χ2n) is 2.91. The first-order valence-corrected chi connectivity index (χ1v) is 4.66. The fourth-order valence-corrected chi connectivity index (χ4v) is 1.84. The van der Waals surface area contributed by atoms with Crippen molar-refractivity contribution < 1.29 is 3.07 Å². The van der Waals surface area contributed by atoms with Crippen LogP contribution in [0.2, 0.25) is 0 Å². The Bertz CT molecular complexity index is 97.6. The lowest BCUT2D eigenvalue weighted by Crippen LogP contribution is -2.38. The minimum absolute atomic E-state index is 0.672. The normalized spacial score (nSPS) is 28.8. The average molecular weight is 255 g/mol. The van der Waals surface area contributed by atoms with Gasteiger partial charge in [-0.1, -0.05) is 6.42 Å². The van der Waals surface area contributed by atoms with Gasteiger partial charge in [-0.25, -0.2) is 0 Å². The molecular weight excluding hydrogens is 241 g/mol. The Balaban J connectivity index is 2.25. The number of hydrogen-bond donors (Lipinski definition) is 0. The molecule has 0 saturated carbocycles. The van der Waals surface area contributed by atoms with E-state index >= 15 is 0 Å². The zero-order valence-electron chi connectivity index (χ0n) is 6.35. The molecule has 0 aliphatic carbocycles. The molecule has 1 heterocycles. The van der Waals surface area contributed by atoms with Gasteiger partial charge in [0.15, 0.2) is 0 Å². The molecule has 1 atom stereocenters. The van der Waals surface area contributed by atoms with Crippen LogP contribution in [-0.2, 0) is 3.07 Å². The number of rotatable bonds is 2. The molecule has 1 aliphatic heterocycles. The second kappa shape index (κ2) is 4.51. The summed E-state index contributed by atoms with van der Waals surface area (Å²) in [6.07, 6.45) is 4.03. The quantitative estimate of drug-likeness (QED) is 0.698. The highest BCUT2D eigenvalue weighted by molar-refractivity contribution is 14.1. The summed E-state index contributed by atoms with van der Waals surface area (Å²) >= 11 is 1.97. The molecule has 0 aromatic rings. The summed E-state index contributed by atoms with van der Waals surface area (Å²) in [6, 6.07) is 0.672. The van der Waals surface area contributed by atoms with Crippen LogP contribution in [-0.4, -0.2) is 31.1 Å². The van der Waals surface area contributed by atoms with Gasteiger partial charge >= 0.3 is 0 Å². The molecule has 0 bridgehead atoms. The van der Waals surface area contributed by atoms with Crippen LogP contribution in [0.5, 0.6) is 0 Å². The molecule has 60 valence electrons. The third-order valence-corrected chi connectivity index (χ3v) is 2.54. The molecule has 0 unspecified atom stereocenters. The first-order chi connectivity index (χ1) is 4.84. The molecule has 0 amide bonds. The van der Waals surface area contributed by atoms with Crippen LogP contribution in [0.1, 0.15) is 19.3 Å². The molecule has 1 aliphatic rings. The molecule has 0 radical (unpaired) electrons. The van der Waals surface area contributed by atoms with Crippen molar-refractivity contribution in [1.82, 2.24) is 4.90 Å². The molecule has 0 spiro atoms. The van der Waals surface area contributed by atoms with Crippen molar-refractivity contribution in [1.29, 1.82) is 0 Å². The van der Waals surface area contributed by atoms with Crippen LogP contribution in [0.3, 0.4) is 0 Å². The maximum absolute atomic E-state index is 5.08. The summed E-state index contributed by atoms with van der Waals surface area (Å²) in [5.74, 6) is 0. The van der Waals surface area contributed by atoms with Crippen molar-refractivity contribution >= 4 is 23.0 Å². The van der Waals surface area contributed by atoms with Gasteiger partial charge < -0.3 is 7.97 Å². The zero-order valence-corrected chi connectivity index (χ0v) is 8.50. The first kappa shape index (κ1) is 8.74. The lowest BCUT2D eigenvalue weighted by atomic mass is 10.0. The third-order valence-electron chi connectivity index (χ3n) is 2.18. The lowest BCUT2D eigenvalue weighted by molar-refractivity contribution is 0.145. The molecule has 1 rings (SSSR count). The number of piperidine rings is 1. The van der Waals surface area contributed by atoms with E-state index in [0.717, 1.165) is 6.61 Å². The number of likely N-dealkylation sites (tertiary alicyclic amines) is 1. The zero-order chi connectivity index (χ0) is 7.40. The third kappa shape index (κ3) is 2.36. The minimum atomic E-state index is 0.672. The lowest BCUT2D eigenvalue weighted by Gasteiger charge is -2.31. The predicted octanol–water partition coefficient (Wildman–Crippen LogP) is 1.84. The Labute approximate surface area is 76.6 Å². The monoisotopic (exact) mass is 255 g/mol. The van der Waals surface area contributed by atoms with Gasteiger partial charge in [-0.3, -0.25) is 0 Å². The van der Waals surface area contributed by atoms with Crippen molar-refractivity contribution in [2.75, 3.05) is 20.2 Å². The fraction of sp³-hybridized carbons (Fsp3) is 1.00. The summed E-state index contributed by atoms with van der Waals surface area (Å²) < 4.78 is 5.08. The summed E-state index contributed by atoms with van der Waals surface area (Å²) in [5, 5.41) is 0. The molecule has 3 heteroatoms. The second-order valence-corrected chi connectivity index (χ2v) is 3.53. The van der Waals surface area contributed by atoms with Gasteiger partial charge in [0.25, 0.3) is 0 Å². The van der Waals surface area contributed by atoms with E-state index in [1.807, 2.05) is 23.0 Å². The summed E-state index contributed by atoms with van der Waals surface area (Å²) in [6.45, 7) is 2.13. The van der Waals surface area contributed by atoms with E-state index in [9.17, 15) is 0 Å². The highest BCUT2D eigenvalue weighted by Crippen LogP contribution is 2.15. The van der Waals surface area contributed by atoms with Crippen LogP contribution in [0.25, 0.3) is 0 Å². The van der Waals surface area contributed by atoms with Crippen molar-refractivity contribution in [3.05, 3.63) is 0 Å². The Morgan fingerprint density at radius 1 is 1.60 bits per heavy atom. The standard InChI is InChI=1S/C7H14INO/c1-9-5-3-2-4-7(9)6-10-8/h7H,2-6H2,1H3/t7-/m0/s1. The Morgan fingerprint density at radius 3 is 3.00 bits per heavy atom. The van der Waals surface area contributed by atoms with Gasteiger partial charge in [-0.05, 0) is 26.4 Å². The van der Waals surface area contributed by atoms with E-state index in [1.165, 1.54) is 25.8 Å². The van der Waals surface area contributed by atoms with Crippen LogP contribution in [0.15, 0.2) is 0 Å². The Hall–Kier alpha value is 0.650. The Morgan fingerprint density at radius 2 is 2.40 bits per heavy atom. The van der Waals surface area contributed by atoms with Crippen molar-refractivity contribution in [3.63, 3.8) is 0 Å². The van der Waals surface area contributed by atoms with Crippen molar-refractivity contribution in [2.24, 2.45) is 0 Å². The molecular formula is C7H14INO. The van der Waals surface area contributed by atoms with E-state index < -0.39 is 0 Å². The van der Waals surface area contributed by atoms with Gasteiger partial charge in [-0.2, -0.15) is 0 Å². The van der Waals surface area contributed by atoms with Gasteiger partial charge in [0, 0.05) is 6.04 Å². The molecule has 2 nitrogen and oxygen atoms in total. The Kier molecular flexibility index (Phi) is 3.95. The summed E-state index contributed by atoms with van der Waals surface area (Å²) in [4.78, 5) is 2.39. The molecule has 0 N–H and O–H groups in total. The minimum Gasteiger partial charge on any atom is -0.314 e. The van der Waals surface area contributed by atoms with Gasteiger partial charge in [-0.15, -0.1) is 0 Å². The van der Waals surface area contributed by atoms with Crippen LogP contribution >= 0.6 is 23.0 Å². The first-order valence-electron chi connectivity index (χ1n) is 3.78. The largest absolute Gasteiger partial charge is 0.314 e. The number of likely N-dealkylation sites (N-methyl/N-ethyl adjacent to an activating group) is 1. The van der Waals surface area contributed by atoms with Crippen LogP contribution in [0, 0.1) is 0 Å². The highest BCUT2D eigenvalue weighted by Gasteiger charge is 2.17. The molecule has 0 aromatic heterocycles. The van der Waals surface area contributed by atoms with Crippen LogP contribution in [0.4, 0.5) is 0 Å². The molecule has 10 heavy (non-hydrogen) atoms. The molecule has 1 saturated heterocycles. The predicted molar refractivity (Wildman–Crippen MR) is 50.2 cm³/mol. The number of nitrogens with zero attached hydrogens (tertiary/aromatic N) is 1. The van der Waals surface area contributed by atoms with E-state index in [0.29, 0.717) is 6.04 Å². The maximum Gasteiger partial charge on any atom is 0.109 e. The SMILES string of the molecule is CN1CCCC[C@H]1COI. The summed E-state index contributed by atoms with van der Waals surface area (Å²) in [5.41, 5.74) is 0. The highest BCUT2D eigenvalue weighted by atomic mass is 127. The molecule has 0 aromatic carbocycles. The van der Waals surface area contributed by atoms with Gasteiger partial charge in [0.1, 0.15) is 23.0 Å². The van der Waals surface area contributed by atoms with Crippen molar-refractivity contribution in [3.8, 4) is 0 Å². The smallest absolute Gasteiger partial charge is 0.109 e. The fourth-order valence-electron chi connectivity index (χ4n) is 1.43. The van der Waals surface area contributed by atoms with Crippen molar-refractivity contribution in [2.45, 2.75) is 25.3 Å². The number of halogens is 1. The van der Waals surface area contributed by atoms with Gasteiger partial charge in [0.05, 0.1) is 6.61 Å². The molecule has 1 fully saturated rings. The van der Waals surface area contributed by atoms with E-state index in [1.54, 1.807) is 0 Å². The average Bonchev–Trinajstić information content (AvgIpc) is 1.94. The van der Waals surface area contributed by atoms with Crippen LogP contribution < -0.4 is 0 Å². The van der Waals surface area contributed by atoms with Gasteiger partial charge in [0.2, 0.25) is 0 Å². The topological polar surface area (TPSA) is 12.5 Å². The summed E-state index contributed by atoms with van der Waals surface area (Å²) in [7, 11) is 2.18. The van der Waals surface area contributed by atoms with E-state index in [4.69, 9.17) is 3.07 Å². The van der Waals surface area contributed by atoms with E-state index in [-0.39, 0.29) is 0 Å².